The van der Waals surface area contributed by atoms with Crippen molar-refractivity contribution in [2.24, 2.45) is 0 Å². The Morgan fingerprint density at radius 3 is 2.94 bits per heavy atom. The monoisotopic (exact) mass is 484 g/mol. The number of fused-ring (bicyclic) bond motifs is 3. The van der Waals surface area contributed by atoms with Crippen LogP contribution in [0.3, 0.4) is 0 Å². The number of imidazole rings is 1. The third-order valence-corrected chi connectivity index (χ3v) is 7.11. The van der Waals surface area contributed by atoms with Crippen molar-refractivity contribution in [3.05, 3.63) is 55.1 Å². The predicted octanol–water partition coefficient (Wildman–Crippen LogP) is 2.86. The maximum absolute atomic E-state index is 5.70. The summed E-state index contributed by atoms with van der Waals surface area (Å²) in [7, 11) is 0. The molecule has 0 amide bonds. The Balaban J connectivity index is 1.14. The van der Waals surface area contributed by atoms with Gasteiger partial charge in [0.2, 0.25) is 5.88 Å². The van der Waals surface area contributed by atoms with Gasteiger partial charge in [0.25, 0.3) is 0 Å². The summed E-state index contributed by atoms with van der Waals surface area (Å²) >= 11 is 0. The molecule has 2 saturated heterocycles. The van der Waals surface area contributed by atoms with Crippen molar-refractivity contribution >= 4 is 28.5 Å². The van der Waals surface area contributed by atoms with Gasteiger partial charge in [0.05, 0.1) is 30.6 Å². The second-order valence-electron chi connectivity index (χ2n) is 9.37. The molecule has 6 heterocycles. The van der Waals surface area contributed by atoms with Crippen molar-refractivity contribution in [1.82, 2.24) is 24.3 Å². The highest BCUT2D eigenvalue weighted by atomic mass is 16.5. The number of aromatic nitrogens is 4. The maximum Gasteiger partial charge on any atom is 0.237 e. The number of nitrogens with one attached hydrogen (secondary N) is 2. The number of piperazine rings is 1. The van der Waals surface area contributed by atoms with Crippen LogP contribution >= 0.6 is 0 Å². The first-order chi connectivity index (χ1) is 17.8. The van der Waals surface area contributed by atoms with Gasteiger partial charge in [-0.05, 0) is 30.3 Å². The Morgan fingerprint density at radius 1 is 1.06 bits per heavy atom. The summed E-state index contributed by atoms with van der Waals surface area (Å²) < 4.78 is 13.3. The smallest absolute Gasteiger partial charge is 0.237 e. The number of ether oxygens (including phenoxy) is 2. The molecular weight excluding hydrogens is 456 g/mol. The van der Waals surface area contributed by atoms with Crippen LogP contribution in [0, 0.1) is 0 Å². The summed E-state index contributed by atoms with van der Waals surface area (Å²) in [5.41, 5.74) is 5.56. The van der Waals surface area contributed by atoms with Crippen LogP contribution in [-0.2, 0) is 4.74 Å². The van der Waals surface area contributed by atoms with Crippen molar-refractivity contribution in [3.8, 4) is 17.1 Å². The van der Waals surface area contributed by atoms with E-state index in [9.17, 15) is 0 Å². The van der Waals surface area contributed by atoms with Gasteiger partial charge in [-0.15, -0.1) is 0 Å². The van der Waals surface area contributed by atoms with Crippen LogP contribution in [0.25, 0.3) is 16.9 Å². The van der Waals surface area contributed by atoms with Gasteiger partial charge in [0, 0.05) is 74.4 Å². The zero-order chi connectivity index (χ0) is 23.9. The summed E-state index contributed by atoms with van der Waals surface area (Å²) in [5.74, 6) is 1.32. The van der Waals surface area contributed by atoms with E-state index in [0.717, 1.165) is 74.2 Å². The molecule has 1 aromatic carbocycles. The van der Waals surface area contributed by atoms with Gasteiger partial charge in [-0.25, -0.2) is 15.0 Å². The fraction of sp³-hybridized carbons (Fsp3) is 0.346. The van der Waals surface area contributed by atoms with Crippen molar-refractivity contribution in [1.29, 1.82) is 0 Å². The molecular formula is C26H28N8O2. The molecule has 36 heavy (non-hydrogen) atoms. The molecule has 2 fully saturated rings. The third kappa shape index (κ3) is 3.98. The standard InChI is InChI=1S/C26H28N8O2/c1-3-20(33-9-8-32-10-12-35-17-21(32)15-33)4-2-19(1)30-24-25-28-5-7-34(25)16-23(31-24)18-13-22-26(29-14-18)36-11-6-27-22/h1-5,7,13-14,16,21,27H,6,8-12,15,17H2,(H,30,31). The van der Waals surface area contributed by atoms with E-state index < -0.39 is 0 Å². The molecule has 10 heteroatoms. The number of pyridine rings is 1. The molecule has 1 atom stereocenters. The van der Waals surface area contributed by atoms with Crippen LogP contribution in [0.4, 0.5) is 22.9 Å². The first kappa shape index (κ1) is 21.4. The second kappa shape index (κ2) is 8.96. The van der Waals surface area contributed by atoms with Crippen molar-refractivity contribution in [3.63, 3.8) is 0 Å². The zero-order valence-electron chi connectivity index (χ0n) is 19.9. The summed E-state index contributed by atoms with van der Waals surface area (Å²) in [6, 6.07) is 11.1. The summed E-state index contributed by atoms with van der Waals surface area (Å²) in [4.78, 5) is 18.9. The van der Waals surface area contributed by atoms with E-state index in [4.69, 9.17) is 14.5 Å². The SMILES string of the molecule is c1cn2cc(-c3cnc4c(c3)NCCO4)nc(Nc3ccc(N4CCN5CCOCC5C4)cc3)c2n1. The first-order valence-corrected chi connectivity index (χ1v) is 12.4. The molecule has 4 aromatic rings. The van der Waals surface area contributed by atoms with E-state index in [2.05, 4.69) is 54.7 Å². The van der Waals surface area contributed by atoms with Gasteiger partial charge in [-0.1, -0.05) is 0 Å². The van der Waals surface area contributed by atoms with Gasteiger partial charge in [0.1, 0.15) is 6.61 Å². The van der Waals surface area contributed by atoms with Crippen LogP contribution < -0.4 is 20.3 Å². The lowest BCUT2D eigenvalue weighted by atomic mass is 10.1. The van der Waals surface area contributed by atoms with Gasteiger partial charge in [0.15, 0.2) is 11.5 Å². The van der Waals surface area contributed by atoms with E-state index in [0.29, 0.717) is 24.3 Å². The Bertz CT molecular complexity index is 1390. The largest absolute Gasteiger partial charge is 0.474 e. The fourth-order valence-corrected chi connectivity index (χ4v) is 5.20. The lowest BCUT2D eigenvalue weighted by Crippen LogP contribution is -2.58. The molecule has 0 spiro atoms. The summed E-state index contributed by atoms with van der Waals surface area (Å²) in [6.07, 6.45) is 7.48. The number of benzene rings is 1. The number of hydrogen-bond donors (Lipinski definition) is 2. The van der Waals surface area contributed by atoms with Gasteiger partial charge >= 0.3 is 0 Å². The molecule has 184 valence electrons. The van der Waals surface area contributed by atoms with Crippen LogP contribution in [0.2, 0.25) is 0 Å². The quantitative estimate of drug-likeness (QED) is 0.454. The number of morpholine rings is 1. The molecule has 1 unspecified atom stereocenters. The molecule has 2 N–H and O–H groups in total. The highest BCUT2D eigenvalue weighted by Gasteiger charge is 2.29. The van der Waals surface area contributed by atoms with E-state index >= 15 is 0 Å². The average Bonchev–Trinajstić information content (AvgIpc) is 3.42. The number of anilines is 4. The second-order valence-corrected chi connectivity index (χ2v) is 9.37. The molecule has 7 rings (SSSR count). The van der Waals surface area contributed by atoms with Crippen LogP contribution in [0.1, 0.15) is 0 Å². The van der Waals surface area contributed by atoms with Crippen LogP contribution in [-0.4, -0.2) is 82.8 Å². The molecule has 0 radical (unpaired) electrons. The van der Waals surface area contributed by atoms with E-state index in [1.54, 1.807) is 12.4 Å². The van der Waals surface area contributed by atoms with Crippen LogP contribution in [0.15, 0.2) is 55.1 Å². The first-order valence-electron chi connectivity index (χ1n) is 12.4. The van der Waals surface area contributed by atoms with E-state index in [1.807, 2.05) is 22.9 Å². The molecule has 10 nitrogen and oxygen atoms in total. The lowest BCUT2D eigenvalue weighted by Gasteiger charge is -2.44. The van der Waals surface area contributed by atoms with Gasteiger partial charge in [-0.2, -0.15) is 0 Å². The number of nitrogens with zero attached hydrogens (tertiary/aromatic N) is 6. The summed E-state index contributed by atoms with van der Waals surface area (Å²) in [6.45, 7) is 7.22. The highest BCUT2D eigenvalue weighted by Crippen LogP contribution is 2.31. The summed E-state index contributed by atoms with van der Waals surface area (Å²) in [5, 5.41) is 6.82. The minimum atomic E-state index is 0.478. The molecule has 3 aromatic heterocycles. The van der Waals surface area contributed by atoms with Crippen molar-refractivity contribution < 1.29 is 9.47 Å². The van der Waals surface area contributed by atoms with Crippen LogP contribution in [0.5, 0.6) is 5.88 Å². The fourth-order valence-electron chi connectivity index (χ4n) is 5.20. The number of hydrogen-bond acceptors (Lipinski definition) is 9. The minimum Gasteiger partial charge on any atom is -0.474 e. The normalized spacial score (nSPS) is 19.8. The number of rotatable bonds is 4. The molecule has 0 saturated carbocycles. The minimum absolute atomic E-state index is 0.478. The Morgan fingerprint density at radius 2 is 2.00 bits per heavy atom. The molecule has 0 aliphatic carbocycles. The highest BCUT2D eigenvalue weighted by molar-refractivity contribution is 5.75. The topological polar surface area (TPSA) is 92.1 Å². The van der Waals surface area contributed by atoms with E-state index in [-0.39, 0.29) is 0 Å². The van der Waals surface area contributed by atoms with Gasteiger partial charge in [-0.3, -0.25) is 4.90 Å². The van der Waals surface area contributed by atoms with Crippen molar-refractivity contribution in [2.75, 3.05) is 68.1 Å². The average molecular weight is 485 g/mol. The molecule has 0 bridgehead atoms. The molecule has 3 aliphatic rings. The molecule has 3 aliphatic heterocycles. The van der Waals surface area contributed by atoms with Crippen molar-refractivity contribution in [2.45, 2.75) is 6.04 Å². The zero-order valence-corrected chi connectivity index (χ0v) is 19.9. The van der Waals surface area contributed by atoms with E-state index in [1.165, 1.54) is 5.69 Å². The Hall–Kier alpha value is -3.89. The maximum atomic E-state index is 5.70. The Kier molecular flexibility index (Phi) is 5.32. The lowest BCUT2D eigenvalue weighted by molar-refractivity contribution is -0.0116. The van der Waals surface area contributed by atoms with Gasteiger partial charge < -0.3 is 29.4 Å². The predicted molar refractivity (Wildman–Crippen MR) is 138 cm³/mol. The third-order valence-electron chi connectivity index (χ3n) is 7.11. The Labute approximate surface area is 208 Å².